The van der Waals surface area contributed by atoms with E-state index in [0.717, 1.165) is 18.6 Å². The molecule has 1 saturated heterocycles. The molecule has 5 atom stereocenters. The quantitative estimate of drug-likeness (QED) is 0.0421. The number of H-pyrrole nitrogens is 1. The molecule has 0 bridgehead atoms. The predicted molar refractivity (Wildman–Crippen MR) is 183 cm³/mol. The van der Waals surface area contributed by atoms with Crippen molar-refractivity contribution in [1.29, 1.82) is 0 Å². The number of hydrogen-bond donors (Lipinski definition) is 1. The standard InChI is InChI=1S/C33H61N2O8PS/c1-6-9-11-13-14-15-17-19-24-45-30(20-18-16-12-10-7-2)28(5)42-43-44(38,39-23-8-3)40-26-29-21-22-31(41-29)35-25-27(4)32(36)34-33(35)37/h25,28-31H,6-24,26H2,1-5H3,(H,34,36,37)/t28?,29-,30?,31+,44?/m0/s1. The summed E-state index contributed by atoms with van der Waals surface area (Å²) in [6, 6.07) is 0. The lowest BCUT2D eigenvalue weighted by atomic mass is 10.1. The van der Waals surface area contributed by atoms with E-state index in [9.17, 15) is 14.2 Å². The maximum atomic E-state index is 13.6. The van der Waals surface area contributed by atoms with Crippen molar-refractivity contribution in [3.05, 3.63) is 32.6 Å². The molecule has 1 aromatic rings. The molecule has 12 heteroatoms. The van der Waals surface area contributed by atoms with E-state index in [4.69, 9.17) is 23.3 Å². The number of aryl methyl sites for hydroxylation is 1. The zero-order valence-corrected chi connectivity index (χ0v) is 30.3. The second-order valence-corrected chi connectivity index (χ2v) is 15.2. The molecule has 0 saturated carbocycles. The summed E-state index contributed by atoms with van der Waals surface area (Å²) in [5.74, 6) is 1.07. The Bertz CT molecular complexity index is 1080. The van der Waals surface area contributed by atoms with E-state index in [1.807, 2.05) is 25.6 Å². The molecule has 1 aromatic heterocycles. The number of unbranched alkanes of at least 4 members (excludes halogenated alkanes) is 11. The third-order valence-corrected chi connectivity index (χ3v) is 10.9. The first kappa shape index (κ1) is 40.2. The van der Waals surface area contributed by atoms with Crippen LogP contribution in [0.2, 0.25) is 0 Å². The minimum absolute atomic E-state index is 0.0413. The Hall–Kier alpha value is -0.940. The summed E-state index contributed by atoms with van der Waals surface area (Å²) in [4.78, 5) is 32.1. The molecule has 1 aliphatic rings. The Balaban J connectivity index is 1.88. The number of nitrogens with one attached hydrogen (secondary N) is 1. The zero-order chi connectivity index (χ0) is 32.9. The minimum atomic E-state index is -4.02. The fourth-order valence-corrected chi connectivity index (χ4v) is 7.81. The molecule has 1 fully saturated rings. The number of aromatic amines is 1. The van der Waals surface area contributed by atoms with Crippen molar-refractivity contribution in [2.24, 2.45) is 0 Å². The fraction of sp³-hybridized carbons (Fsp3) is 0.879. The van der Waals surface area contributed by atoms with Gasteiger partial charge in [-0.2, -0.15) is 11.8 Å². The van der Waals surface area contributed by atoms with Gasteiger partial charge in [0.05, 0.1) is 19.3 Å². The van der Waals surface area contributed by atoms with Crippen molar-refractivity contribution < 1.29 is 27.9 Å². The molecule has 262 valence electrons. The molecule has 45 heavy (non-hydrogen) atoms. The number of ether oxygens (including phenoxy) is 1. The third kappa shape index (κ3) is 16.1. The number of nitrogens with zero attached hydrogens (tertiary/aromatic N) is 1. The van der Waals surface area contributed by atoms with Crippen LogP contribution in [-0.4, -0.2) is 46.0 Å². The lowest BCUT2D eigenvalue weighted by molar-refractivity contribution is -0.257. The molecule has 0 radical (unpaired) electrons. The van der Waals surface area contributed by atoms with Gasteiger partial charge in [0.15, 0.2) is 0 Å². The summed E-state index contributed by atoms with van der Waals surface area (Å²) in [5, 5.41) is 0.216. The molecule has 0 aliphatic carbocycles. The maximum Gasteiger partial charge on any atom is 0.502 e. The number of hydrogen-bond acceptors (Lipinski definition) is 9. The fourth-order valence-electron chi connectivity index (χ4n) is 5.33. The number of rotatable bonds is 27. The number of aromatic nitrogens is 2. The first-order valence-electron chi connectivity index (χ1n) is 17.6. The largest absolute Gasteiger partial charge is 0.502 e. The van der Waals surface area contributed by atoms with Crippen LogP contribution < -0.4 is 11.2 Å². The third-order valence-electron chi connectivity index (χ3n) is 8.14. The van der Waals surface area contributed by atoms with Crippen molar-refractivity contribution in [2.45, 2.75) is 167 Å². The normalized spacial score (nSPS) is 19.5. The van der Waals surface area contributed by atoms with E-state index in [1.165, 1.54) is 87.8 Å². The average Bonchev–Trinajstić information content (AvgIpc) is 3.50. The van der Waals surface area contributed by atoms with Gasteiger partial charge in [-0.3, -0.25) is 23.4 Å². The second-order valence-electron chi connectivity index (χ2n) is 12.3. The number of phosphoric acid groups is 1. The monoisotopic (exact) mass is 676 g/mol. The molecule has 1 N–H and O–H groups in total. The predicted octanol–water partition coefficient (Wildman–Crippen LogP) is 9.01. The summed E-state index contributed by atoms with van der Waals surface area (Å²) in [5.41, 5.74) is -0.523. The average molecular weight is 677 g/mol. The first-order chi connectivity index (χ1) is 21.7. The van der Waals surface area contributed by atoms with Gasteiger partial charge in [-0.1, -0.05) is 97.8 Å². The van der Waals surface area contributed by atoms with Crippen LogP contribution >= 0.6 is 19.6 Å². The van der Waals surface area contributed by atoms with Gasteiger partial charge < -0.3 is 4.74 Å². The van der Waals surface area contributed by atoms with Crippen molar-refractivity contribution in [3.8, 4) is 0 Å². The van der Waals surface area contributed by atoms with Gasteiger partial charge in [0.25, 0.3) is 5.56 Å². The van der Waals surface area contributed by atoms with Gasteiger partial charge in [-0.15, -0.1) is 4.67 Å². The second kappa shape index (κ2) is 23.4. The number of thioether (sulfide) groups is 1. The van der Waals surface area contributed by atoms with Crippen molar-refractivity contribution >= 4 is 19.6 Å². The summed E-state index contributed by atoms with van der Waals surface area (Å²) in [6.45, 7) is 10.2. The summed E-state index contributed by atoms with van der Waals surface area (Å²) in [6.07, 6.45) is 19.4. The number of phosphoric ester groups is 1. The Labute approximate surface area is 275 Å². The van der Waals surface area contributed by atoms with E-state index in [0.29, 0.717) is 24.8 Å². The van der Waals surface area contributed by atoms with Crippen LogP contribution in [0.3, 0.4) is 0 Å². The van der Waals surface area contributed by atoms with Crippen LogP contribution in [0.4, 0.5) is 0 Å². The van der Waals surface area contributed by atoms with E-state index >= 15 is 0 Å². The Morgan fingerprint density at radius 3 is 2.24 bits per heavy atom. The van der Waals surface area contributed by atoms with E-state index in [1.54, 1.807) is 6.92 Å². The highest BCUT2D eigenvalue weighted by atomic mass is 32.2. The molecule has 10 nitrogen and oxygen atoms in total. The van der Waals surface area contributed by atoms with Crippen molar-refractivity contribution in [1.82, 2.24) is 9.55 Å². The van der Waals surface area contributed by atoms with Crippen LogP contribution in [-0.2, 0) is 27.9 Å². The molecule has 0 amide bonds. The topological polar surface area (TPSA) is 118 Å². The van der Waals surface area contributed by atoms with Crippen LogP contribution in [0, 0.1) is 6.92 Å². The Morgan fingerprint density at radius 1 is 0.933 bits per heavy atom. The van der Waals surface area contributed by atoms with Crippen LogP contribution in [0.1, 0.15) is 149 Å². The Kier molecular flexibility index (Phi) is 20.9. The van der Waals surface area contributed by atoms with Gasteiger partial charge >= 0.3 is 13.5 Å². The molecule has 3 unspecified atom stereocenters. The van der Waals surface area contributed by atoms with Gasteiger partial charge in [0.1, 0.15) is 12.3 Å². The molecule has 2 rings (SSSR count). The van der Waals surface area contributed by atoms with Crippen molar-refractivity contribution in [3.63, 3.8) is 0 Å². The first-order valence-corrected chi connectivity index (χ1v) is 20.1. The van der Waals surface area contributed by atoms with Crippen LogP contribution in [0.5, 0.6) is 0 Å². The van der Waals surface area contributed by atoms with Gasteiger partial charge in [-0.25, -0.2) is 14.2 Å². The highest BCUT2D eigenvalue weighted by molar-refractivity contribution is 7.99. The molecule has 0 spiro atoms. The highest BCUT2D eigenvalue weighted by Gasteiger charge is 2.35. The molecule has 2 heterocycles. The highest BCUT2D eigenvalue weighted by Crippen LogP contribution is 2.51. The lowest BCUT2D eigenvalue weighted by Crippen LogP contribution is -2.33. The molecular formula is C33H61N2O8PS. The van der Waals surface area contributed by atoms with Crippen LogP contribution in [0.25, 0.3) is 0 Å². The maximum absolute atomic E-state index is 13.6. The molecular weight excluding hydrogens is 615 g/mol. The van der Waals surface area contributed by atoms with E-state index < -0.39 is 31.4 Å². The smallest absolute Gasteiger partial charge is 0.352 e. The lowest BCUT2D eigenvalue weighted by Gasteiger charge is -2.25. The van der Waals surface area contributed by atoms with Crippen LogP contribution in [0.15, 0.2) is 15.8 Å². The van der Waals surface area contributed by atoms with Crippen molar-refractivity contribution in [2.75, 3.05) is 19.0 Å². The molecule has 1 aliphatic heterocycles. The Morgan fingerprint density at radius 2 is 1.58 bits per heavy atom. The summed E-state index contributed by atoms with van der Waals surface area (Å²) >= 11 is 1.92. The molecule has 0 aromatic carbocycles. The minimum Gasteiger partial charge on any atom is -0.352 e. The van der Waals surface area contributed by atoms with E-state index in [2.05, 4.69) is 18.8 Å². The van der Waals surface area contributed by atoms with Gasteiger partial charge in [0.2, 0.25) is 0 Å². The SMILES string of the molecule is CCCCCCCCCCSC(CCCCCCC)C(C)OOP(=O)(OCCC)OC[C@@H]1CC[C@H](n2cc(C)c(=O)[nH]c2=O)O1. The van der Waals surface area contributed by atoms with Gasteiger partial charge in [0, 0.05) is 17.0 Å². The van der Waals surface area contributed by atoms with Gasteiger partial charge in [-0.05, 0) is 51.7 Å². The van der Waals surface area contributed by atoms with E-state index in [-0.39, 0.29) is 24.6 Å². The zero-order valence-electron chi connectivity index (χ0n) is 28.6. The summed E-state index contributed by atoms with van der Waals surface area (Å²) in [7, 11) is -4.02. The summed E-state index contributed by atoms with van der Waals surface area (Å²) < 4.78 is 37.6.